The third-order valence-electron chi connectivity index (χ3n) is 8.41. The summed E-state index contributed by atoms with van der Waals surface area (Å²) in [4.78, 5) is 27.9. The number of nitrogens with zero attached hydrogens (tertiary/aromatic N) is 1. The van der Waals surface area contributed by atoms with Crippen molar-refractivity contribution in [3.8, 4) is 0 Å². The van der Waals surface area contributed by atoms with Crippen molar-refractivity contribution < 1.29 is 19.1 Å². The average Bonchev–Trinajstić information content (AvgIpc) is 3.25. The minimum atomic E-state index is -4.86. The minimum Gasteiger partial charge on any atom is -0.0622 e. The van der Waals surface area contributed by atoms with Crippen LogP contribution < -0.4 is 14.9 Å². The van der Waals surface area contributed by atoms with Gasteiger partial charge in [0.1, 0.15) is 0 Å². The standard InChI is InChI=1S/C31H36Cl2NO4PSi.C7H8/c1-21(2)25-19-14-20-26(22(3)4)27(25)34-39(23-15-10-8-11-16-23,24-17-12-9-13-18-24)28(30(35)37-5)29(31(36)38-6)40(34,7,32)33;1-7-5-3-2-4-6-7/h8-22H,1-7H3;2-6H,1H3. The Morgan fingerprint density at radius 2 is 1.06 bits per heavy atom. The molecular formula is C38H44Cl2NO4PSi. The topological polar surface area (TPSA) is 55.8 Å². The van der Waals surface area contributed by atoms with Gasteiger partial charge in [-0.3, -0.25) is 0 Å². The molecule has 5 rings (SSSR count). The fourth-order valence-electron chi connectivity index (χ4n) is 6.34. The van der Waals surface area contributed by atoms with Gasteiger partial charge >= 0.3 is 248 Å². The first-order valence-electron chi connectivity index (χ1n) is 15.7. The number of hydrogen-bond acceptors (Lipinski definition) is 5. The van der Waals surface area contributed by atoms with E-state index in [9.17, 15) is 9.59 Å². The van der Waals surface area contributed by atoms with E-state index in [0.29, 0.717) is 0 Å². The van der Waals surface area contributed by atoms with E-state index in [1.165, 1.54) is 19.8 Å². The molecule has 4 aromatic rings. The Morgan fingerprint density at radius 3 is 1.40 bits per heavy atom. The largest absolute Gasteiger partial charge is 0.0622 e. The molecule has 0 spiro atoms. The Morgan fingerprint density at radius 1 is 0.660 bits per heavy atom. The second kappa shape index (κ2) is 14.4. The summed E-state index contributed by atoms with van der Waals surface area (Å²) in [5.41, 5.74) is 4.24. The Bertz CT molecular complexity index is 1690. The van der Waals surface area contributed by atoms with Gasteiger partial charge in [-0.2, -0.15) is 0 Å². The molecule has 0 N–H and O–H groups in total. The number of esters is 2. The van der Waals surface area contributed by atoms with Crippen LogP contribution in [-0.2, 0) is 19.1 Å². The maximum atomic E-state index is 14.1. The zero-order valence-electron chi connectivity index (χ0n) is 28.3. The maximum Gasteiger partial charge on any atom is -0.0398 e. The molecule has 47 heavy (non-hydrogen) atoms. The quantitative estimate of drug-likeness (QED) is 0.0829. The predicted molar refractivity (Wildman–Crippen MR) is 202 cm³/mol. The van der Waals surface area contributed by atoms with Crippen LogP contribution in [0.4, 0.5) is 5.69 Å². The first kappa shape index (κ1) is 36.4. The Labute approximate surface area is 289 Å². The number of halogens is 2. The van der Waals surface area contributed by atoms with Crippen LogP contribution in [0.2, 0.25) is 6.55 Å². The Kier molecular flexibility index (Phi) is 11.1. The third-order valence-corrected chi connectivity index (χ3v) is 20.6. The Hall–Kier alpha value is -3.41. The van der Waals surface area contributed by atoms with E-state index >= 15 is 0 Å². The number of aryl methyl sites for hydroxylation is 1. The zero-order valence-corrected chi connectivity index (χ0v) is 31.7. The number of anilines is 1. The van der Waals surface area contributed by atoms with Crippen molar-refractivity contribution in [1.29, 1.82) is 0 Å². The van der Waals surface area contributed by atoms with E-state index in [1.807, 2.05) is 84.9 Å². The molecule has 0 aliphatic carbocycles. The van der Waals surface area contributed by atoms with E-state index in [4.69, 9.17) is 31.6 Å². The molecule has 1 aliphatic heterocycles. The summed E-state index contributed by atoms with van der Waals surface area (Å²) in [6.45, 7) is 12.3. The summed E-state index contributed by atoms with van der Waals surface area (Å²) in [6.07, 6.45) is -4.86. The fourth-order valence-corrected chi connectivity index (χ4v) is 21.8. The summed E-state index contributed by atoms with van der Waals surface area (Å²) in [6, 6.07) is 35.9. The normalized spacial score (nSPS) is 16.9. The maximum absolute atomic E-state index is 14.1. The molecule has 0 unspecified atom stereocenters. The van der Waals surface area contributed by atoms with Crippen LogP contribution >= 0.6 is 29.6 Å². The van der Waals surface area contributed by atoms with Gasteiger partial charge in [-0.25, -0.2) is 0 Å². The van der Waals surface area contributed by atoms with Crippen molar-refractivity contribution in [3.63, 3.8) is 0 Å². The van der Waals surface area contributed by atoms with Gasteiger partial charge in [-0.05, 0) is 6.92 Å². The number of benzene rings is 4. The molecule has 0 fully saturated rings. The number of rotatable bonds is 7. The molecular weight excluding hydrogens is 664 g/mol. The number of ether oxygens (including phenoxy) is 2. The molecule has 1 heterocycles. The van der Waals surface area contributed by atoms with Gasteiger partial charge in [-0.15, -0.1) is 0 Å². The summed E-state index contributed by atoms with van der Waals surface area (Å²) in [5.74, 6) is -1.20. The van der Waals surface area contributed by atoms with Crippen molar-refractivity contribution in [1.82, 2.24) is 0 Å². The average molecular weight is 709 g/mol. The summed E-state index contributed by atoms with van der Waals surface area (Å²) >= 11 is 15.6. The summed E-state index contributed by atoms with van der Waals surface area (Å²) in [5, 5.41) is 1.84. The van der Waals surface area contributed by atoms with E-state index in [2.05, 4.69) is 63.2 Å². The molecule has 0 aromatic heterocycles. The van der Waals surface area contributed by atoms with Gasteiger partial charge < -0.3 is 0 Å². The molecule has 5 nitrogen and oxygen atoms in total. The van der Waals surface area contributed by atoms with Crippen molar-refractivity contribution >= 4 is 63.9 Å². The fraction of sp³-hybridized carbons (Fsp3) is 0.263. The SMILES string of the molecule is COC(=O)C1=C(C(=O)OC)[Si-](C)(Cl)(Cl)N(c2c(C(C)C)cccc2C(C)C)[P+]1(c1ccccc1)c1ccccc1.Cc1ccccc1. The van der Waals surface area contributed by atoms with Crippen LogP contribution in [0.1, 0.15) is 56.2 Å². The predicted octanol–water partition coefficient (Wildman–Crippen LogP) is 9.47. The molecule has 4 aromatic carbocycles. The van der Waals surface area contributed by atoms with Gasteiger partial charge in [0, 0.05) is 0 Å². The van der Waals surface area contributed by atoms with Crippen molar-refractivity contribution in [2.75, 3.05) is 18.6 Å². The second-order valence-electron chi connectivity index (χ2n) is 12.5. The minimum absolute atomic E-state index is 0.00647. The number of carbonyl (C=O) groups excluding carboxylic acids is 2. The van der Waals surface area contributed by atoms with Gasteiger partial charge in [0.15, 0.2) is 0 Å². The van der Waals surface area contributed by atoms with Crippen molar-refractivity contribution in [3.05, 3.63) is 136 Å². The molecule has 0 radical (unpaired) electrons. The monoisotopic (exact) mass is 707 g/mol. The van der Waals surface area contributed by atoms with Gasteiger partial charge in [0.25, 0.3) is 0 Å². The number of hydrogen-bond donors (Lipinski definition) is 0. The number of para-hydroxylation sites is 1. The van der Waals surface area contributed by atoms with Crippen molar-refractivity contribution in [2.24, 2.45) is 0 Å². The molecule has 0 saturated carbocycles. The van der Waals surface area contributed by atoms with Gasteiger partial charge in [0.05, 0.1) is 0 Å². The molecule has 0 saturated heterocycles. The molecule has 248 valence electrons. The van der Waals surface area contributed by atoms with Gasteiger partial charge in [-0.1, -0.05) is 35.9 Å². The van der Waals surface area contributed by atoms with E-state index < -0.39 is 25.5 Å². The van der Waals surface area contributed by atoms with Crippen LogP contribution in [-0.4, -0.2) is 32.3 Å². The first-order valence-corrected chi connectivity index (χ1v) is 22.4. The molecule has 0 atom stereocenters. The van der Waals surface area contributed by atoms with Crippen LogP contribution in [0, 0.1) is 6.92 Å². The molecule has 1 aliphatic rings. The number of methoxy groups -OCH3 is 2. The van der Waals surface area contributed by atoms with E-state index in [0.717, 1.165) is 27.4 Å². The molecule has 0 bridgehead atoms. The van der Waals surface area contributed by atoms with Crippen LogP contribution in [0.3, 0.4) is 0 Å². The second-order valence-corrected chi connectivity index (χ2v) is 25.9. The van der Waals surface area contributed by atoms with E-state index in [1.54, 1.807) is 6.55 Å². The number of carbonyl (C=O) groups is 2. The van der Waals surface area contributed by atoms with Crippen LogP contribution in [0.25, 0.3) is 0 Å². The van der Waals surface area contributed by atoms with Crippen LogP contribution in [0.5, 0.6) is 0 Å². The summed E-state index contributed by atoms with van der Waals surface area (Å²) < 4.78 is 12.9. The smallest absolute Gasteiger partial charge is 0.0398 e. The Balaban J connectivity index is 0.000000632. The molecule has 0 amide bonds. The van der Waals surface area contributed by atoms with Crippen LogP contribution in [0.15, 0.2) is 120 Å². The molecule has 9 heteroatoms. The first-order chi connectivity index (χ1) is 22.2. The third kappa shape index (κ3) is 6.67. The van der Waals surface area contributed by atoms with Crippen molar-refractivity contribution in [2.45, 2.75) is 53.0 Å². The van der Waals surface area contributed by atoms with E-state index in [-0.39, 0.29) is 22.3 Å². The summed E-state index contributed by atoms with van der Waals surface area (Å²) in [7, 11) is -0.673. The zero-order chi connectivity index (χ0) is 34.6. The van der Waals surface area contributed by atoms with Gasteiger partial charge in [0.2, 0.25) is 0 Å².